The Morgan fingerprint density at radius 3 is 1.39 bits per heavy atom. The molecule has 2 unspecified atom stereocenters. The predicted octanol–water partition coefficient (Wildman–Crippen LogP) is 6.15. The van der Waals surface area contributed by atoms with Gasteiger partial charge in [0.15, 0.2) is 0 Å². The zero-order chi connectivity index (χ0) is 46.0. The van der Waals surface area contributed by atoms with Gasteiger partial charge in [-0.15, -0.1) is 0 Å². The van der Waals surface area contributed by atoms with Crippen LogP contribution < -0.4 is 10.6 Å². The Labute approximate surface area is 404 Å². The zero-order valence-electron chi connectivity index (χ0n) is 40.8. The van der Waals surface area contributed by atoms with Gasteiger partial charge >= 0.3 is 23.9 Å². The second-order valence-corrected chi connectivity index (χ2v) is 20.3. The SMILES string of the molecule is CC(C)(C)c1cc(C=NC2CCCCC2N=Cc2cc(C(C)(C)C)cc(CCCN3CCC[N+]4=C3NCCC4)c2O)c(O)c(CCCN2CCC[N+]3=C2NCCC3)c1.O=C(O)C(=O)O.[CH3-].[Co]. The van der Waals surface area contributed by atoms with Crippen molar-refractivity contribution in [1.29, 1.82) is 0 Å². The summed E-state index contributed by atoms with van der Waals surface area (Å²) >= 11 is 0. The minimum atomic E-state index is -1.82. The maximum atomic E-state index is 11.7. The molecule has 2 aromatic carbocycles. The van der Waals surface area contributed by atoms with E-state index in [4.69, 9.17) is 29.8 Å². The van der Waals surface area contributed by atoms with E-state index in [0.29, 0.717) is 11.5 Å². The number of benzene rings is 2. The summed E-state index contributed by atoms with van der Waals surface area (Å²) in [6.07, 6.45) is 16.4. The molecular formula is C51H79CoN8O6+. The first kappa shape index (κ1) is 54.0. The Hall–Kier alpha value is -4.63. The summed E-state index contributed by atoms with van der Waals surface area (Å²) in [6.45, 7) is 24.3. The van der Waals surface area contributed by atoms with Gasteiger partial charge in [-0.2, -0.15) is 0 Å². The average molecular weight is 959 g/mol. The quantitative estimate of drug-likeness (QED) is 0.0627. The Morgan fingerprint density at radius 1 is 0.652 bits per heavy atom. The molecular weight excluding hydrogens is 880 g/mol. The molecule has 7 rings (SSSR count). The Kier molecular flexibility index (Phi) is 20.0. The fourth-order valence-corrected chi connectivity index (χ4v) is 9.58. The number of nitrogens with zero attached hydrogens (tertiary/aromatic N) is 6. The Morgan fingerprint density at radius 2 is 1.03 bits per heavy atom. The number of carboxylic acid groups (broad SMARTS) is 2. The van der Waals surface area contributed by atoms with Crippen molar-refractivity contribution in [3.63, 3.8) is 0 Å². The number of hydrogen-bond donors (Lipinski definition) is 6. The molecule has 4 heterocycles. The molecule has 4 aliphatic heterocycles. The number of hydrogen-bond acceptors (Lipinski definition) is 10. The van der Waals surface area contributed by atoms with Crippen molar-refractivity contribution in [2.75, 3.05) is 65.4 Å². The van der Waals surface area contributed by atoms with Crippen LogP contribution in [0.25, 0.3) is 0 Å². The fourth-order valence-electron chi connectivity index (χ4n) is 9.58. The van der Waals surface area contributed by atoms with Gasteiger partial charge in [0.2, 0.25) is 0 Å². The molecule has 1 radical (unpaired) electrons. The molecule has 0 aromatic heterocycles. The number of aliphatic carboxylic acids is 2. The molecule has 2 atom stereocenters. The van der Waals surface area contributed by atoms with Gasteiger partial charge in [0.1, 0.15) is 11.5 Å². The van der Waals surface area contributed by atoms with Crippen LogP contribution in [0.3, 0.4) is 0 Å². The van der Waals surface area contributed by atoms with E-state index < -0.39 is 11.9 Å². The van der Waals surface area contributed by atoms with E-state index in [1.54, 1.807) is 0 Å². The number of carbonyl (C=O) groups is 2. The van der Waals surface area contributed by atoms with E-state index in [0.717, 1.165) is 139 Å². The third-order valence-electron chi connectivity index (χ3n) is 13.3. The van der Waals surface area contributed by atoms with E-state index in [9.17, 15) is 10.2 Å². The summed E-state index contributed by atoms with van der Waals surface area (Å²) in [6, 6.07) is 8.75. The van der Waals surface area contributed by atoms with E-state index >= 15 is 0 Å². The monoisotopic (exact) mass is 959 g/mol. The van der Waals surface area contributed by atoms with Crippen LogP contribution in [0.15, 0.2) is 34.3 Å². The van der Waals surface area contributed by atoms with Crippen molar-refractivity contribution < 1.29 is 55.9 Å². The average Bonchev–Trinajstić information content (AvgIpc) is 3.26. The van der Waals surface area contributed by atoms with Crippen LogP contribution in [0.1, 0.15) is 139 Å². The second kappa shape index (κ2) is 24.4. The Balaban J connectivity index is 0.00000112. The van der Waals surface area contributed by atoms with Gasteiger partial charge in [0.05, 0.1) is 77.5 Å². The fraction of sp³-hybridized carbons (Fsp3) is 0.627. The van der Waals surface area contributed by atoms with E-state index in [1.807, 2.05) is 12.4 Å². The van der Waals surface area contributed by atoms with Gasteiger partial charge in [0, 0.05) is 66.0 Å². The molecule has 6 N–H and O–H groups in total. The molecule has 15 heteroatoms. The van der Waals surface area contributed by atoms with Crippen molar-refractivity contribution in [3.05, 3.63) is 65.1 Å². The van der Waals surface area contributed by atoms with Crippen molar-refractivity contribution >= 4 is 36.3 Å². The topological polar surface area (TPSA) is 176 Å². The summed E-state index contributed by atoms with van der Waals surface area (Å²) in [5, 5.41) is 45.5. The summed E-state index contributed by atoms with van der Waals surface area (Å²) in [7, 11) is 0. The number of carboxylic acids is 2. The van der Waals surface area contributed by atoms with Crippen LogP contribution in [0.4, 0.5) is 0 Å². The first-order valence-corrected chi connectivity index (χ1v) is 24.0. The number of nitrogens with one attached hydrogen (secondary N) is 2. The molecule has 0 spiro atoms. The minimum Gasteiger partial charge on any atom is -0.507 e. The van der Waals surface area contributed by atoms with E-state index in [-0.39, 0.29) is 47.1 Å². The van der Waals surface area contributed by atoms with Gasteiger partial charge in [0.25, 0.3) is 0 Å². The number of aliphatic imine (C=N–C) groups is 2. The molecule has 367 valence electrons. The Bertz CT molecular complexity index is 1950. The second-order valence-electron chi connectivity index (χ2n) is 20.3. The van der Waals surface area contributed by atoms with Crippen molar-refractivity contribution in [3.8, 4) is 11.5 Å². The van der Waals surface area contributed by atoms with Gasteiger partial charge in [-0.25, -0.2) is 9.59 Å². The maximum absolute atomic E-state index is 11.7. The summed E-state index contributed by atoms with van der Waals surface area (Å²) in [5.74, 6) is -0.324. The summed E-state index contributed by atoms with van der Waals surface area (Å²) < 4.78 is 5.01. The number of aryl methyl sites for hydroxylation is 2. The van der Waals surface area contributed by atoms with Crippen LogP contribution in [0, 0.1) is 7.43 Å². The summed E-state index contributed by atoms with van der Waals surface area (Å²) in [4.78, 5) is 33.6. The third kappa shape index (κ3) is 14.4. The smallest absolute Gasteiger partial charge is 0.414 e. The van der Waals surface area contributed by atoms with E-state index in [2.05, 4.69) is 95.4 Å². The standard InChI is InChI=1S/C48H72N8O2.C2H2O4.CH3.Co/c1-47(2,3)39-29-35(15-9-21-53-25-13-27-55-23-11-19-49-45(53)55)43(57)37(31-39)33-51-41-17-7-8-18-42(41)52-34-38-32-40(48(4,5)6)30-36(44(38)58)16-10-22-54-26-14-28-56-24-12-20-50-46(54)56;3-1(4)2(5)6;;/h29-34,41-42H,7-28H2,1-6H3,(H2,51,52,57,58);(H,3,4)(H,5,6);1H3;/q;;-1;/p+2. The number of phenolic OH excluding ortho intramolecular Hbond substituents is 2. The largest absolute Gasteiger partial charge is 0.507 e. The number of aromatic hydroxyl groups is 2. The predicted molar refractivity (Wildman–Crippen MR) is 261 cm³/mol. The first-order valence-electron chi connectivity index (χ1n) is 24.0. The van der Waals surface area contributed by atoms with Crippen molar-refractivity contribution in [2.24, 2.45) is 9.98 Å². The number of guanidine groups is 2. The number of phenols is 2. The van der Waals surface area contributed by atoms with Gasteiger partial charge in [-0.1, -0.05) is 66.5 Å². The normalized spacial score (nSPS) is 20.0. The van der Waals surface area contributed by atoms with Crippen LogP contribution in [-0.2, 0) is 50.0 Å². The van der Waals surface area contributed by atoms with Crippen LogP contribution in [0.2, 0.25) is 0 Å². The van der Waals surface area contributed by atoms with Crippen molar-refractivity contribution in [2.45, 2.75) is 142 Å². The number of rotatable bonds is 12. The van der Waals surface area contributed by atoms with Gasteiger partial charge in [-0.05, 0) is 83.7 Å². The molecule has 1 aliphatic carbocycles. The maximum Gasteiger partial charge on any atom is 0.414 e. The van der Waals surface area contributed by atoms with Crippen LogP contribution in [-0.4, -0.2) is 153 Å². The minimum absolute atomic E-state index is 0. The van der Waals surface area contributed by atoms with Crippen molar-refractivity contribution in [1.82, 2.24) is 20.4 Å². The van der Waals surface area contributed by atoms with E-state index in [1.165, 1.54) is 48.7 Å². The summed E-state index contributed by atoms with van der Waals surface area (Å²) in [5.41, 5.74) is 5.96. The van der Waals surface area contributed by atoms with Gasteiger partial charge in [-0.3, -0.25) is 39.6 Å². The molecule has 0 amide bonds. The molecule has 0 saturated heterocycles. The van der Waals surface area contributed by atoms with Crippen LogP contribution in [0.5, 0.6) is 11.5 Å². The molecule has 14 nitrogen and oxygen atoms in total. The molecule has 5 aliphatic rings. The first-order chi connectivity index (χ1) is 30.5. The van der Waals surface area contributed by atoms with Gasteiger partial charge < -0.3 is 27.9 Å². The third-order valence-corrected chi connectivity index (χ3v) is 13.3. The zero-order valence-corrected chi connectivity index (χ0v) is 41.8. The molecule has 1 fully saturated rings. The molecule has 66 heavy (non-hydrogen) atoms. The molecule has 2 aromatic rings. The molecule has 0 bridgehead atoms. The van der Waals surface area contributed by atoms with Crippen LogP contribution >= 0.6 is 0 Å². The molecule has 1 saturated carbocycles.